The average Bonchev–Trinajstić information content (AvgIpc) is 2.83. The minimum absolute atomic E-state index is 0.0796. The molecule has 168 valence electrons. The van der Waals surface area contributed by atoms with Gasteiger partial charge in [-0.25, -0.2) is 4.98 Å². The third kappa shape index (κ3) is 5.22. The average molecular weight is 504 g/mol. The van der Waals surface area contributed by atoms with Gasteiger partial charge in [0.25, 0.3) is 5.56 Å². The Morgan fingerprint density at radius 3 is 2.64 bits per heavy atom. The Morgan fingerprint density at radius 1 is 1.12 bits per heavy atom. The van der Waals surface area contributed by atoms with Crippen LogP contribution in [0, 0.1) is 6.92 Å². The lowest BCUT2D eigenvalue weighted by Gasteiger charge is -2.14. The van der Waals surface area contributed by atoms with Gasteiger partial charge in [0.2, 0.25) is 0 Å². The first-order chi connectivity index (χ1) is 16.0. The van der Waals surface area contributed by atoms with E-state index in [9.17, 15) is 4.79 Å². The van der Waals surface area contributed by atoms with Gasteiger partial charge in [-0.1, -0.05) is 71.7 Å². The second kappa shape index (κ2) is 10.1. The summed E-state index contributed by atoms with van der Waals surface area (Å²) in [4.78, 5) is 18.1. The molecule has 4 aromatic rings. The Kier molecular flexibility index (Phi) is 7.04. The Balaban J connectivity index is 1.70. The molecule has 0 saturated heterocycles. The Hall–Kier alpha value is -3.25. The van der Waals surface area contributed by atoms with Crippen LogP contribution in [-0.4, -0.2) is 15.9 Å². The number of aryl methyl sites for hydroxylation is 1. The van der Waals surface area contributed by atoms with E-state index in [0.717, 1.165) is 22.0 Å². The number of hydrogen-bond donors (Lipinski definition) is 0. The monoisotopic (exact) mass is 503 g/mol. The Labute approximate surface area is 201 Å². The van der Waals surface area contributed by atoms with Gasteiger partial charge in [0.1, 0.15) is 18.2 Å². The summed E-state index contributed by atoms with van der Waals surface area (Å²) in [6.07, 6.45) is 2.52. The quantitative estimate of drug-likeness (QED) is 0.272. The van der Waals surface area contributed by atoms with Crippen molar-refractivity contribution in [3.63, 3.8) is 0 Å². The van der Waals surface area contributed by atoms with E-state index >= 15 is 0 Å². The van der Waals surface area contributed by atoms with Crippen LogP contribution in [0.5, 0.6) is 5.75 Å². The van der Waals surface area contributed by atoms with Crippen molar-refractivity contribution in [2.75, 3.05) is 0 Å². The normalized spacial score (nSPS) is 12.4. The summed E-state index contributed by atoms with van der Waals surface area (Å²) in [6, 6.07) is 21.5. The fourth-order valence-electron chi connectivity index (χ4n) is 3.46. The first-order valence-electron chi connectivity index (χ1n) is 11.0. The summed E-state index contributed by atoms with van der Waals surface area (Å²) >= 11 is 3.45. The number of hydrogen-bond acceptors (Lipinski definition) is 4. The van der Waals surface area contributed by atoms with E-state index in [1.807, 2.05) is 36.4 Å². The lowest BCUT2D eigenvalue weighted by Crippen LogP contribution is -2.23. The summed E-state index contributed by atoms with van der Waals surface area (Å²) in [5.41, 5.74) is 3.58. The topological polar surface area (TPSA) is 56.5 Å². The molecule has 1 atom stereocenters. The molecular formula is C27H26BrN3O2. The molecule has 0 bridgehead atoms. The molecule has 0 aliphatic heterocycles. The molecule has 0 spiro atoms. The van der Waals surface area contributed by atoms with E-state index in [1.54, 1.807) is 12.3 Å². The summed E-state index contributed by atoms with van der Waals surface area (Å²) < 4.78 is 8.31. The molecule has 5 nitrogen and oxygen atoms in total. The molecule has 1 heterocycles. The number of halogens is 1. The van der Waals surface area contributed by atoms with Gasteiger partial charge in [-0.05, 0) is 49.2 Å². The standard InChI is InChI=1S/C27H26BrN3O2/c1-4-19(3)26-30-24-14-13-22(28)15-23(24)27(32)31(26)29-16-21-7-5-6-8-25(21)33-17-20-11-9-18(2)10-12-20/h5-16,19H,4,17H2,1-3H3/t19-/m0/s1. The van der Waals surface area contributed by atoms with Crippen LogP contribution in [0.2, 0.25) is 0 Å². The van der Waals surface area contributed by atoms with E-state index in [0.29, 0.717) is 29.1 Å². The van der Waals surface area contributed by atoms with Crippen molar-refractivity contribution in [3.8, 4) is 5.75 Å². The minimum atomic E-state index is -0.189. The van der Waals surface area contributed by atoms with Crippen LogP contribution < -0.4 is 10.3 Å². The van der Waals surface area contributed by atoms with Crippen LogP contribution in [-0.2, 0) is 6.61 Å². The van der Waals surface area contributed by atoms with Crippen molar-refractivity contribution in [1.29, 1.82) is 0 Å². The molecule has 0 radical (unpaired) electrons. The fraction of sp³-hybridized carbons (Fsp3) is 0.222. The van der Waals surface area contributed by atoms with E-state index < -0.39 is 0 Å². The number of nitrogens with zero attached hydrogens (tertiary/aromatic N) is 3. The number of ether oxygens (including phenoxy) is 1. The van der Waals surface area contributed by atoms with Crippen molar-refractivity contribution in [3.05, 3.63) is 104 Å². The van der Waals surface area contributed by atoms with E-state index in [2.05, 4.69) is 66.1 Å². The zero-order valence-corrected chi connectivity index (χ0v) is 20.5. The molecule has 0 aliphatic carbocycles. The zero-order valence-electron chi connectivity index (χ0n) is 19.0. The molecule has 33 heavy (non-hydrogen) atoms. The molecule has 0 unspecified atom stereocenters. The Morgan fingerprint density at radius 2 is 1.88 bits per heavy atom. The van der Waals surface area contributed by atoms with Gasteiger partial charge < -0.3 is 4.74 Å². The van der Waals surface area contributed by atoms with Gasteiger partial charge in [0.05, 0.1) is 17.1 Å². The summed E-state index contributed by atoms with van der Waals surface area (Å²) in [6.45, 7) is 6.64. The highest BCUT2D eigenvalue weighted by molar-refractivity contribution is 9.10. The van der Waals surface area contributed by atoms with Crippen molar-refractivity contribution >= 4 is 33.0 Å². The first-order valence-corrected chi connectivity index (χ1v) is 11.8. The van der Waals surface area contributed by atoms with Gasteiger partial charge in [0, 0.05) is 16.0 Å². The largest absolute Gasteiger partial charge is 0.488 e. The van der Waals surface area contributed by atoms with Crippen LogP contribution in [0.3, 0.4) is 0 Å². The predicted molar refractivity (Wildman–Crippen MR) is 137 cm³/mol. The third-order valence-electron chi connectivity index (χ3n) is 5.63. The van der Waals surface area contributed by atoms with Crippen LogP contribution in [0.1, 0.15) is 48.7 Å². The maximum Gasteiger partial charge on any atom is 0.282 e. The molecule has 0 aliphatic rings. The number of para-hydroxylation sites is 1. The zero-order chi connectivity index (χ0) is 23.4. The van der Waals surface area contributed by atoms with Crippen LogP contribution in [0.4, 0.5) is 0 Å². The number of rotatable bonds is 7. The molecular weight excluding hydrogens is 478 g/mol. The third-order valence-corrected chi connectivity index (χ3v) is 6.13. The predicted octanol–water partition coefficient (Wildman–Crippen LogP) is 6.44. The van der Waals surface area contributed by atoms with E-state index in [-0.39, 0.29) is 11.5 Å². The second-order valence-corrected chi connectivity index (χ2v) is 9.03. The highest BCUT2D eigenvalue weighted by Gasteiger charge is 2.15. The molecule has 0 amide bonds. The van der Waals surface area contributed by atoms with E-state index in [4.69, 9.17) is 9.72 Å². The molecule has 6 heteroatoms. The van der Waals surface area contributed by atoms with E-state index in [1.165, 1.54) is 10.2 Å². The van der Waals surface area contributed by atoms with Gasteiger partial charge in [-0.3, -0.25) is 4.79 Å². The molecule has 3 aromatic carbocycles. The van der Waals surface area contributed by atoms with Crippen molar-refractivity contribution < 1.29 is 4.74 Å². The lowest BCUT2D eigenvalue weighted by atomic mass is 10.1. The number of aromatic nitrogens is 2. The van der Waals surface area contributed by atoms with Gasteiger partial charge >= 0.3 is 0 Å². The number of benzene rings is 3. The minimum Gasteiger partial charge on any atom is -0.488 e. The summed E-state index contributed by atoms with van der Waals surface area (Å²) in [5, 5.41) is 5.10. The molecule has 1 aromatic heterocycles. The molecule has 4 rings (SSSR count). The highest BCUT2D eigenvalue weighted by atomic mass is 79.9. The van der Waals surface area contributed by atoms with Crippen LogP contribution >= 0.6 is 15.9 Å². The van der Waals surface area contributed by atoms with Crippen molar-refractivity contribution in [2.45, 2.75) is 39.7 Å². The smallest absolute Gasteiger partial charge is 0.282 e. The maximum atomic E-state index is 13.3. The van der Waals surface area contributed by atoms with Crippen LogP contribution in [0.25, 0.3) is 10.9 Å². The van der Waals surface area contributed by atoms with Gasteiger partial charge in [-0.15, -0.1) is 0 Å². The maximum absolute atomic E-state index is 13.3. The summed E-state index contributed by atoms with van der Waals surface area (Å²) in [7, 11) is 0. The lowest BCUT2D eigenvalue weighted by molar-refractivity contribution is 0.306. The fourth-order valence-corrected chi connectivity index (χ4v) is 3.82. The van der Waals surface area contributed by atoms with Gasteiger partial charge in [0.15, 0.2) is 0 Å². The highest BCUT2D eigenvalue weighted by Crippen LogP contribution is 2.22. The van der Waals surface area contributed by atoms with Crippen molar-refractivity contribution in [2.24, 2.45) is 5.10 Å². The van der Waals surface area contributed by atoms with Crippen LogP contribution in [0.15, 0.2) is 81.1 Å². The SMILES string of the molecule is CC[C@H](C)c1nc2ccc(Br)cc2c(=O)n1N=Cc1ccccc1OCc1ccc(C)cc1. The Bertz CT molecular complexity index is 1360. The van der Waals surface area contributed by atoms with Crippen molar-refractivity contribution in [1.82, 2.24) is 9.66 Å². The molecule has 0 N–H and O–H groups in total. The molecule has 0 fully saturated rings. The second-order valence-electron chi connectivity index (χ2n) is 8.11. The summed E-state index contributed by atoms with van der Waals surface area (Å²) in [5.74, 6) is 1.43. The number of fused-ring (bicyclic) bond motifs is 1. The molecule has 0 saturated carbocycles. The first kappa shape index (κ1) is 22.9. The van der Waals surface area contributed by atoms with Gasteiger partial charge in [-0.2, -0.15) is 9.78 Å².